The van der Waals surface area contributed by atoms with Gasteiger partial charge in [0.1, 0.15) is 5.75 Å². The maximum Gasteiger partial charge on any atom is 0.422 e. The van der Waals surface area contributed by atoms with Gasteiger partial charge in [-0.1, -0.05) is 23.9 Å². The second kappa shape index (κ2) is 7.77. The van der Waals surface area contributed by atoms with Crippen molar-refractivity contribution in [2.75, 3.05) is 6.61 Å². The van der Waals surface area contributed by atoms with E-state index in [9.17, 15) is 13.2 Å². The summed E-state index contributed by atoms with van der Waals surface area (Å²) in [6, 6.07) is 10.3. The first-order chi connectivity index (χ1) is 12.4. The first-order valence-corrected chi connectivity index (χ1v) is 8.62. The molecular formula is C17H15F3N4OS. The maximum atomic E-state index is 12.1. The van der Waals surface area contributed by atoms with Crippen LogP contribution in [-0.4, -0.2) is 32.5 Å². The largest absolute Gasteiger partial charge is 0.484 e. The van der Waals surface area contributed by atoms with E-state index >= 15 is 0 Å². The van der Waals surface area contributed by atoms with Crippen molar-refractivity contribution in [2.45, 2.75) is 17.1 Å². The molecule has 0 fully saturated rings. The normalized spacial score (nSPS) is 11.5. The molecular weight excluding hydrogens is 365 g/mol. The van der Waals surface area contributed by atoms with Crippen LogP contribution in [0.25, 0.3) is 11.4 Å². The highest BCUT2D eigenvalue weighted by Crippen LogP contribution is 2.26. The first kappa shape index (κ1) is 18.2. The van der Waals surface area contributed by atoms with Crippen molar-refractivity contribution in [3.63, 3.8) is 0 Å². The molecule has 0 aliphatic carbocycles. The predicted molar refractivity (Wildman–Crippen MR) is 91.8 cm³/mol. The van der Waals surface area contributed by atoms with Crippen molar-refractivity contribution < 1.29 is 17.9 Å². The number of hydrogen-bond acceptors (Lipinski definition) is 5. The van der Waals surface area contributed by atoms with Crippen LogP contribution in [0.3, 0.4) is 0 Å². The summed E-state index contributed by atoms with van der Waals surface area (Å²) in [5, 5.41) is 9.10. The van der Waals surface area contributed by atoms with E-state index in [1.807, 2.05) is 23.7 Å². The Labute approximate surface area is 152 Å². The Balaban J connectivity index is 1.60. The van der Waals surface area contributed by atoms with Crippen LogP contribution in [0.1, 0.15) is 5.56 Å². The Morgan fingerprint density at radius 1 is 1.12 bits per heavy atom. The highest BCUT2D eigenvalue weighted by atomic mass is 32.2. The van der Waals surface area contributed by atoms with Gasteiger partial charge in [0.15, 0.2) is 17.6 Å². The van der Waals surface area contributed by atoms with Gasteiger partial charge in [0.25, 0.3) is 0 Å². The summed E-state index contributed by atoms with van der Waals surface area (Å²) in [6.45, 7) is -1.29. The van der Waals surface area contributed by atoms with Gasteiger partial charge in [-0.15, -0.1) is 10.2 Å². The zero-order valence-corrected chi connectivity index (χ0v) is 14.6. The molecule has 3 rings (SSSR count). The Kier molecular flexibility index (Phi) is 5.46. The summed E-state index contributed by atoms with van der Waals surface area (Å²) in [4.78, 5) is 4.07. The number of hydrogen-bond donors (Lipinski definition) is 0. The summed E-state index contributed by atoms with van der Waals surface area (Å²) in [7, 11) is 1.87. The topological polar surface area (TPSA) is 52.8 Å². The van der Waals surface area contributed by atoms with Crippen LogP contribution in [0, 0.1) is 0 Å². The van der Waals surface area contributed by atoms with Crippen LogP contribution in [0.2, 0.25) is 0 Å². The average Bonchev–Trinajstić information content (AvgIpc) is 3.00. The number of rotatable bonds is 6. The fourth-order valence-corrected chi connectivity index (χ4v) is 3.05. The number of benzene rings is 1. The van der Waals surface area contributed by atoms with Crippen LogP contribution in [-0.2, 0) is 12.8 Å². The number of aromatic nitrogens is 4. The summed E-state index contributed by atoms with van der Waals surface area (Å²) in [5.74, 6) is 1.52. The number of pyridine rings is 1. The van der Waals surface area contributed by atoms with Crippen LogP contribution < -0.4 is 4.74 Å². The third kappa shape index (κ3) is 4.75. The van der Waals surface area contributed by atoms with Crippen molar-refractivity contribution in [3.8, 4) is 17.1 Å². The highest BCUT2D eigenvalue weighted by Gasteiger charge is 2.28. The van der Waals surface area contributed by atoms with E-state index in [-0.39, 0.29) is 5.75 Å². The minimum Gasteiger partial charge on any atom is -0.484 e. The minimum absolute atomic E-state index is 0.189. The summed E-state index contributed by atoms with van der Waals surface area (Å²) in [5.41, 5.74) is 1.82. The average molecular weight is 380 g/mol. The molecule has 0 bridgehead atoms. The van der Waals surface area contributed by atoms with Gasteiger partial charge < -0.3 is 9.30 Å². The van der Waals surface area contributed by atoms with E-state index in [0.717, 1.165) is 22.1 Å². The summed E-state index contributed by atoms with van der Waals surface area (Å²) < 4.78 is 43.0. The number of thioether (sulfide) groups is 1. The van der Waals surface area contributed by atoms with Gasteiger partial charge in [0, 0.05) is 30.8 Å². The highest BCUT2D eigenvalue weighted by molar-refractivity contribution is 7.98. The first-order valence-electron chi connectivity index (χ1n) is 7.63. The van der Waals surface area contributed by atoms with E-state index in [2.05, 4.69) is 15.2 Å². The minimum atomic E-state index is -4.34. The van der Waals surface area contributed by atoms with Crippen molar-refractivity contribution in [3.05, 3.63) is 54.4 Å². The molecule has 0 unspecified atom stereocenters. The van der Waals surface area contributed by atoms with Gasteiger partial charge in [0.2, 0.25) is 0 Å². The molecule has 1 aromatic carbocycles. The smallest absolute Gasteiger partial charge is 0.422 e. The van der Waals surface area contributed by atoms with E-state index < -0.39 is 12.8 Å². The quantitative estimate of drug-likeness (QED) is 0.603. The zero-order valence-electron chi connectivity index (χ0n) is 13.8. The third-order valence-electron chi connectivity index (χ3n) is 3.45. The molecule has 0 aliphatic rings. The molecule has 9 heteroatoms. The molecule has 5 nitrogen and oxygen atoms in total. The lowest BCUT2D eigenvalue weighted by atomic mass is 10.2. The number of alkyl halides is 3. The lowest BCUT2D eigenvalue weighted by molar-refractivity contribution is -0.153. The Morgan fingerprint density at radius 2 is 1.88 bits per heavy atom. The maximum absolute atomic E-state index is 12.1. The van der Waals surface area contributed by atoms with Gasteiger partial charge in [-0.2, -0.15) is 13.2 Å². The molecule has 0 aliphatic heterocycles. The molecule has 136 valence electrons. The Bertz CT molecular complexity index is 851. The molecule has 0 saturated carbocycles. The molecule has 0 radical (unpaired) electrons. The Hall–Kier alpha value is -2.55. The molecule has 2 aromatic heterocycles. The van der Waals surface area contributed by atoms with Crippen LogP contribution in [0.4, 0.5) is 13.2 Å². The fourth-order valence-electron chi connectivity index (χ4n) is 2.18. The molecule has 0 amide bonds. The van der Waals surface area contributed by atoms with Gasteiger partial charge in [-0.25, -0.2) is 0 Å². The third-order valence-corrected chi connectivity index (χ3v) is 4.54. The monoisotopic (exact) mass is 380 g/mol. The SMILES string of the molecule is Cn1c(SCc2ccc(OCC(F)(F)F)cc2)nnc1-c1cccnc1. The lowest BCUT2D eigenvalue weighted by Gasteiger charge is -2.09. The second-order valence-corrected chi connectivity index (χ2v) is 6.39. The molecule has 0 N–H and O–H groups in total. The number of halogens is 3. The zero-order chi connectivity index (χ0) is 18.6. The molecule has 0 spiro atoms. The predicted octanol–water partition coefficient (Wildman–Crippen LogP) is 4.11. The number of ether oxygens (including phenoxy) is 1. The molecule has 2 heterocycles. The van der Waals surface area contributed by atoms with E-state index in [4.69, 9.17) is 4.74 Å². The van der Waals surface area contributed by atoms with Gasteiger partial charge in [-0.05, 0) is 29.8 Å². The molecule has 0 saturated heterocycles. The van der Waals surface area contributed by atoms with Crippen molar-refractivity contribution in [2.24, 2.45) is 7.05 Å². The lowest BCUT2D eigenvalue weighted by Crippen LogP contribution is -2.19. The standard InChI is InChI=1S/C17H15F3N4OS/c1-24-15(13-3-2-8-21-9-13)22-23-16(24)26-10-12-4-6-14(7-5-12)25-11-17(18,19)20/h2-9H,10-11H2,1H3. The van der Waals surface area contributed by atoms with Crippen molar-refractivity contribution in [1.82, 2.24) is 19.7 Å². The van der Waals surface area contributed by atoms with Crippen LogP contribution in [0.5, 0.6) is 5.75 Å². The second-order valence-electron chi connectivity index (χ2n) is 5.44. The molecule has 3 aromatic rings. The van der Waals surface area contributed by atoms with Gasteiger partial charge in [0.05, 0.1) is 0 Å². The van der Waals surface area contributed by atoms with E-state index in [1.165, 1.54) is 23.9 Å². The summed E-state index contributed by atoms with van der Waals surface area (Å²) in [6.07, 6.45) is -0.929. The van der Waals surface area contributed by atoms with E-state index in [1.54, 1.807) is 24.5 Å². The van der Waals surface area contributed by atoms with Gasteiger partial charge >= 0.3 is 6.18 Å². The van der Waals surface area contributed by atoms with E-state index in [0.29, 0.717) is 5.75 Å². The molecule has 0 atom stereocenters. The van der Waals surface area contributed by atoms with Crippen molar-refractivity contribution >= 4 is 11.8 Å². The summed E-state index contributed by atoms with van der Waals surface area (Å²) >= 11 is 1.49. The van der Waals surface area contributed by atoms with Crippen molar-refractivity contribution in [1.29, 1.82) is 0 Å². The van der Waals surface area contributed by atoms with Crippen LogP contribution >= 0.6 is 11.8 Å². The molecule has 26 heavy (non-hydrogen) atoms. The van der Waals surface area contributed by atoms with Gasteiger partial charge in [-0.3, -0.25) is 4.98 Å². The van der Waals surface area contributed by atoms with Crippen LogP contribution in [0.15, 0.2) is 53.9 Å². The Morgan fingerprint density at radius 3 is 2.54 bits per heavy atom. The fraction of sp³-hybridized carbons (Fsp3) is 0.235. The number of nitrogens with zero attached hydrogens (tertiary/aromatic N) is 4.